The lowest BCUT2D eigenvalue weighted by Gasteiger charge is -2.30. The molecule has 106 valence electrons. The van der Waals surface area contributed by atoms with Crippen LogP contribution in [-0.4, -0.2) is 30.5 Å². The maximum absolute atomic E-state index is 12.1. The molecule has 1 amide bonds. The Morgan fingerprint density at radius 2 is 2.21 bits per heavy atom. The van der Waals surface area contributed by atoms with Gasteiger partial charge in [0.2, 0.25) is 5.91 Å². The maximum atomic E-state index is 12.1. The number of benzene rings is 1. The Bertz CT molecular complexity index is 451. The lowest BCUT2D eigenvalue weighted by atomic mass is 9.98. The zero-order valence-electron chi connectivity index (χ0n) is 11.4. The highest BCUT2D eigenvalue weighted by Crippen LogP contribution is 2.24. The zero-order chi connectivity index (χ0) is 13.1. The third-order valence-corrected chi connectivity index (χ3v) is 3.49. The molecule has 0 spiro atoms. The van der Waals surface area contributed by atoms with Crippen molar-refractivity contribution in [1.29, 1.82) is 0 Å². The van der Waals surface area contributed by atoms with Crippen LogP contribution in [0, 0.1) is 0 Å². The molecule has 0 aliphatic carbocycles. The molecular formula is C14H21ClN2O2. The number of ether oxygens (including phenoxy) is 1. The number of rotatable bonds is 3. The van der Waals surface area contributed by atoms with Gasteiger partial charge in [0.15, 0.2) is 0 Å². The van der Waals surface area contributed by atoms with Crippen molar-refractivity contribution < 1.29 is 9.53 Å². The average molecular weight is 285 g/mol. The summed E-state index contributed by atoms with van der Waals surface area (Å²) in [6, 6.07) is 5.67. The number of fused-ring (bicyclic) bond motifs is 1. The van der Waals surface area contributed by atoms with Crippen molar-refractivity contribution >= 4 is 18.3 Å². The minimum Gasteiger partial charge on any atom is -0.497 e. The molecule has 19 heavy (non-hydrogen) atoms. The number of methoxy groups -OCH3 is 1. The largest absolute Gasteiger partial charge is 0.497 e. The third-order valence-electron chi connectivity index (χ3n) is 3.49. The molecule has 2 rings (SSSR count). The molecule has 1 aliphatic rings. The number of amides is 1. The predicted molar refractivity (Wildman–Crippen MR) is 77.6 cm³/mol. The van der Waals surface area contributed by atoms with E-state index < -0.39 is 0 Å². The van der Waals surface area contributed by atoms with Gasteiger partial charge in [-0.05, 0) is 36.1 Å². The number of hydrogen-bond donors (Lipinski definition) is 1. The molecule has 1 aromatic rings. The Hall–Kier alpha value is -1.26. The van der Waals surface area contributed by atoms with E-state index in [-0.39, 0.29) is 24.4 Å². The van der Waals surface area contributed by atoms with E-state index in [0.29, 0.717) is 13.0 Å². The average Bonchev–Trinajstić information content (AvgIpc) is 2.44. The van der Waals surface area contributed by atoms with Crippen LogP contribution < -0.4 is 10.5 Å². The van der Waals surface area contributed by atoms with E-state index in [1.165, 1.54) is 5.56 Å². The van der Waals surface area contributed by atoms with E-state index in [2.05, 4.69) is 6.07 Å². The minimum absolute atomic E-state index is 0. The van der Waals surface area contributed by atoms with Crippen molar-refractivity contribution in [3.8, 4) is 5.75 Å². The Morgan fingerprint density at radius 1 is 1.47 bits per heavy atom. The summed E-state index contributed by atoms with van der Waals surface area (Å²) in [6.45, 7) is 3.33. The van der Waals surface area contributed by atoms with E-state index >= 15 is 0 Å². The summed E-state index contributed by atoms with van der Waals surface area (Å²) in [6.07, 6.45) is 1.57. The van der Waals surface area contributed by atoms with Crippen LogP contribution in [0.2, 0.25) is 0 Å². The van der Waals surface area contributed by atoms with Crippen LogP contribution in [0.3, 0.4) is 0 Å². The second-order valence-corrected chi connectivity index (χ2v) is 4.66. The lowest BCUT2D eigenvalue weighted by Crippen LogP contribution is -2.45. The monoisotopic (exact) mass is 284 g/mol. The first kappa shape index (κ1) is 15.8. The van der Waals surface area contributed by atoms with E-state index in [4.69, 9.17) is 10.5 Å². The fourth-order valence-corrected chi connectivity index (χ4v) is 2.26. The number of hydrogen-bond acceptors (Lipinski definition) is 3. The molecule has 4 nitrogen and oxygen atoms in total. The number of carbonyl (C=O) groups excluding carboxylic acids is 1. The van der Waals surface area contributed by atoms with Gasteiger partial charge in [0.1, 0.15) is 5.75 Å². The summed E-state index contributed by atoms with van der Waals surface area (Å²) in [5, 5.41) is 0. The summed E-state index contributed by atoms with van der Waals surface area (Å²) in [7, 11) is 1.65. The Labute approximate surface area is 120 Å². The van der Waals surface area contributed by atoms with Crippen LogP contribution in [0.5, 0.6) is 5.75 Å². The summed E-state index contributed by atoms with van der Waals surface area (Å²) < 4.78 is 5.22. The summed E-state index contributed by atoms with van der Waals surface area (Å²) in [5.41, 5.74) is 8.27. The SMILES string of the molecule is CCC(N)C(=O)N1CCc2ccc(OC)cc2C1.Cl. The van der Waals surface area contributed by atoms with Crippen molar-refractivity contribution in [1.82, 2.24) is 4.90 Å². The number of halogens is 1. The zero-order valence-corrected chi connectivity index (χ0v) is 12.2. The minimum atomic E-state index is -0.378. The van der Waals surface area contributed by atoms with Crippen LogP contribution in [0.4, 0.5) is 0 Å². The summed E-state index contributed by atoms with van der Waals surface area (Å²) >= 11 is 0. The molecule has 1 aliphatic heterocycles. The molecule has 0 fully saturated rings. The first-order valence-electron chi connectivity index (χ1n) is 6.36. The van der Waals surface area contributed by atoms with E-state index in [1.807, 2.05) is 24.0 Å². The van der Waals surface area contributed by atoms with Gasteiger partial charge in [0.05, 0.1) is 13.2 Å². The van der Waals surface area contributed by atoms with Crippen molar-refractivity contribution in [3.05, 3.63) is 29.3 Å². The fourth-order valence-electron chi connectivity index (χ4n) is 2.26. The topological polar surface area (TPSA) is 55.6 Å². The van der Waals surface area contributed by atoms with Crippen LogP contribution in [0.1, 0.15) is 24.5 Å². The van der Waals surface area contributed by atoms with Gasteiger partial charge in [-0.15, -0.1) is 12.4 Å². The number of carbonyl (C=O) groups is 1. The lowest BCUT2D eigenvalue weighted by molar-refractivity contribution is -0.133. The van der Waals surface area contributed by atoms with Gasteiger partial charge in [-0.25, -0.2) is 0 Å². The molecule has 2 N–H and O–H groups in total. The molecule has 1 aromatic carbocycles. The van der Waals surface area contributed by atoms with E-state index in [9.17, 15) is 4.79 Å². The fraction of sp³-hybridized carbons (Fsp3) is 0.500. The standard InChI is InChI=1S/C14H20N2O2.ClH/c1-3-13(15)14(17)16-7-6-10-4-5-12(18-2)8-11(10)9-16;/h4-5,8,13H,3,6-7,9,15H2,1-2H3;1H. The van der Waals surface area contributed by atoms with Crippen molar-refractivity contribution in [2.75, 3.05) is 13.7 Å². The van der Waals surface area contributed by atoms with E-state index in [1.54, 1.807) is 7.11 Å². The van der Waals surface area contributed by atoms with Crippen LogP contribution >= 0.6 is 12.4 Å². The highest BCUT2D eigenvalue weighted by Gasteiger charge is 2.24. The molecule has 0 bridgehead atoms. The Balaban J connectivity index is 0.00000180. The van der Waals surface area contributed by atoms with Gasteiger partial charge in [-0.2, -0.15) is 0 Å². The number of nitrogens with zero attached hydrogens (tertiary/aromatic N) is 1. The summed E-state index contributed by atoms with van der Waals surface area (Å²) in [5.74, 6) is 0.883. The van der Waals surface area contributed by atoms with Gasteiger partial charge >= 0.3 is 0 Å². The molecule has 1 unspecified atom stereocenters. The molecule has 0 saturated carbocycles. The van der Waals surface area contributed by atoms with Crippen molar-refractivity contribution in [3.63, 3.8) is 0 Å². The maximum Gasteiger partial charge on any atom is 0.239 e. The Morgan fingerprint density at radius 3 is 2.84 bits per heavy atom. The van der Waals surface area contributed by atoms with E-state index in [0.717, 1.165) is 24.3 Å². The second-order valence-electron chi connectivity index (χ2n) is 4.66. The van der Waals surface area contributed by atoms with Crippen LogP contribution in [0.15, 0.2) is 18.2 Å². The van der Waals surface area contributed by atoms with Crippen molar-refractivity contribution in [2.45, 2.75) is 32.4 Å². The second kappa shape index (κ2) is 6.78. The first-order chi connectivity index (χ1) is 8.65. The molecule has 1 heterocycles. The molecule has 5 heteroatoms. The quantitative estimate of drug-likeness (QED) is 0.920. The molecule has 0 radical (unpaired) electrons. The smallest absolute Gasteiger partial charge is 0.239 e. The predicted octanol–water partition coefficient (Wildman–Crippen LogP) is 1.74. The molecular weight excluding hydrogens is 264 g/mol. The molecule has 0 saturated heterocycles. The molecule has 0 aromatic heterocycles. The Kier molecular flexibility index (Phi) is 5.63. The number of nitrogens with two attached hydrogens (primary N) is 1. The van der Waals surface area contributed by atoms with Crippen LogP contribution in [0.25, 0.3) is 0 Å². The normalized spacial score (nSPS) is 15.2. The third kappa shape index (κ3) is 3.39. The first-order valence-corrected chi connectivity index (χ1v) is 6.36. The highest BCUT2D eigenvalue weighted by atomic mass is 35.5. The van der Waals surface area contributed by atoms with Gasteiger partial charge < -0.3 is 15.4 Å². The van der Waals surface area contributed by atoms with Gasteiger partial charge in [0.25, 0.3) is 0 Å². The molecule has 1 atom stereocenters. The van der Waals surface area contributed by atoms with Gasteiger partial charge in [0, 0.05) is 13.1 Å². The highest BCUT2D eigenvalue weighted by molar-refractivity contribution is 5.85. The van der Waals surface area contributed by atoms with Crippen LogP contribution in [-0.2, 0) is 17.8 Å². The van der Waals surface area contributed by atoms with Crippen molar-refractivity contribution in [2.24, 2.45) is 5.73 Å². The van der Waals surface area contributed by atoms with Gasteiger partial charge in [-0.1, -0.05) is 13.0 Å². The summed E-state index contributed by atoms with van der Waals surface area (Å²) in [4.78, 5) is 13.9. The van der Waals surface area contributed by atoms with Gasteiger partial charge in [-0.3, -0.25) is 4.79 Å².